The highest BCUT2D eigenvalue weighted by Gasteiger charge is 2.43. The van der Waals surface area contributed by atoms with Gasteiger partial charge < -0.3 is 5.73 Å². The number of pyridine rings is 1. The van der Waals surface area contributed by atoms with E-state index in [1.54, 1.807) is 0 Å². The molecule has 1 aromatic heterocycles. The second-order valence-corrected chi connectivity index (χ2v) is 5.61. The smallest absolute Gasteiger partial charge is 0.0419 e. The van der Waals surface area contributed by atoms with Gasteiger partial charge in [-0.2, -0.15) is 0 Å². The fourth-order valence-corrected chi connectivity index (χ4v) is 3.70. The minimum Gasteiger partial charge on any atom is -0.326 e. The number of likely N-dealkylation sites (N-methyl/N-ethyl adjacent to an activating group) is 1. The van der Waals surface area contributed by atoms with E-state index in [0.717, 1.165) is 25.2 Å². The molecular formula is C16H27N3. The molecule has 1 aromatic rings. The Labute approximate surface area is 117 Å². The summed E-state index contributed by atoms with van der Waals surface area (Å²) in [6, 6.07) is 6.29. The van der Waals surface area contributed by atoms with E-state index in [-0.39, 0.29) is 11.6 Å². The second-order valence-electron chi connectivity index (χ2n) is 5.61. The first-order valence-corrected chi connectivity index (χ1v) is 7.63. The zero-order valence-electron chi connectivity index (χ0n) is 12.3. The highest BCUT2D eigenvalue weighted by Crippen LogP contribution is 2.38. The zero-order chi connectivity index (χ0) is 13.7. The van der Waals surface area contributed by atoms with E-state index in [9.17, 15) is 0 Å². The van der Waals surface area contributed by atoms with Gasteiger partial charge in [-0.05, 0) is 38.1 Å². The van der Waals surface area contributed by atoms with E-state index >= 15 is 0 Å². The van der Waals surface area contributed by atoms with E-state index in [1.165, 1.54) is 25.7 Å². The van der Waals surface area contributed by atoms with Crippen molar-refractivity contribution in [1.29, 1.82) is 0 Å². The minimum atomic E-state index is 0.185. The Morgan fingerprint density at radius 3 is 2.47 bits per heavy atom. The van der Waals surface area contributed by atoms with Gasteiger partial charge in [-0.3, -0.25) is 9.88 Å². The molecular weight excluding hydrogens is 234 g/mol. The van der Waals surface area contributed by atoms with Crippen LogP contribution in [0.3, 0.4) is 0 Å². The molecule has 2 rings (SSSR count). The van der Waals surface area contributed by atoms with Gasteiger partial charge in [-0.1, -0.05) is 32.8 Å². The van der Waals surface area contributed by atoms with Gasteiger partial charge >= 0.3 is 0 Å². The van der Waals surface area contributed by atoms with Gasteiger partial charge in [0.25, 0.3) is 0 Å². The first-order valence-electron chi connectivity index (χ1n) is 7.63. The topological polar surface area (TPSA) is 42.1 Å². The van der Waals surface area contributed by atoms with E-state index in [1.807, 2.05) is 18.3 Å². The maximum Gasteiger partial charge on any atom is 0.0419 e. The number of nitrogens with zero attached hydrogens (tertiary/aromatic N) is 2. The van der Waals surface area contributed by atoms with Crippen LogP contribution in [0.4, 0.5) is 0 Å². The molecule has 3 nitrogen and oxygen atoms in total. The standard InChI is InChI=1S/C16H27N3/c1-3-19(4-2)16(10-6-7-11-16)15(17)13-14-9-5-8-12-18-14/h5,8-9,12,15H,3-4,6-7,10-11,13,17H2,1-2H3. The van der Waals surface area contributed by atoms with Crippen LogP contribution in [0.15, 0.2) is 24.4 Å². The summed E-state index contributed by atoms with van der Waals surface area (Å²) in [7, 11) is 0. The summed E-state index contributed by atoms with van der Waals surface area (Å²) >= 11 is 0. The Morgan fingerprint density at radius 2 is 1.95 bits per heavy atom. The van der Waals surface area contributed by atoms with Gasteiger partial charge in [0.15, 0.2) is 0 Å². The Balaban J connectivity index is 2.14. The molecule has 0 amide bonds. The van der Waals surface area contributed by atoms with Gasteiger partial charge in [0, 0.05) is 29.9 Å². The maximum absolute atomic E-state index is 6.62. The van der Waals surface area contributed by atoms with Crippen LogP contribution in [-0.4, -0.2) is 34.6 Å². The molecule has 2 N–H and O–H groups in total. The average Bonchev–Trinajstić information content (AvgIpc) is 2.92. The summed E-state index contributed by atoms with van der Waals surface area (Å²) in [5.74, 6) is 0. The monoisotopic (exact) mass is 261 g/mol. The Morgan fingerprint density at radius 1 is 1.26 bits per heavy atom. The van der Waals surface area contributed by atoms with Crippen LogP contribution in [0.2, 0.25) is 0 Å². The number of hydrogen-bond acceptors (Lipinski definition) is 3. The van der Waals surface area contributed by atoms with E-state index < -0.39 is 0 Å². The van der Waals surface area contributed by atoms with Crippen LogP contribution in [-0.2, 0) is 6.42 Å². The van der Waals surface area contributed by atoms with Crippen LogP contribution >= 0.6 is 0 Å². The number of hydrogen-bond donors (Lipinski definition) is 1. The van der Waals surface area contributed by atoms with Crippen LogP contribution in [0, 0.1) is 0 Å². The highest BCUT2D eigenvalue weighted by molar-refractivity contribution is 5.10. The highest BCUT2D eigenvalue weighted by atomic mass is 15.2. The van der Waals surface area contributed by atoms with Gasteiger partial charge in [0.05, 0.1) is 0 Å². The third-order valence-electron chi connectivity index (χ3n) is 4.71. The lowest BCUT2D eigenvalue weighted by atomic mass is 9.84. The van der Waals surface area contributed by atoms with Crippen molar-refractivity contribution in [3.05, 3.63) is 30.1 Å². The molecule has 1 unspecified atom stereocenters. The fourth-order valence-electron chi connectivity index (χ4n) is 3.70. The lowest BCUT2D eigenvalue weighted by Gasteiger charge is -2.44. The fraction of sp³-hybridized carbons (Fsp3) is 0.688. The first-order chi connectivity index (χ1) is 9.23. The van der Waals surface area contributed by atoms with Crippen molar-refractivity contribution in [2.45, 2.75) is 57.5 Å². The molecule has 0 spiro atoms. The summed E-state index contributed by atoms with van der Waals surface area (Å²) < 4.78 is 0. The van der Waals surface area contributed by atoms with Crippen molar-refractivity contribution in [3.8, 4) is 0 Å². The largest absolute Gasteiger partial charge is 0.326 e. The number of rotatable bonds is 6. The summed E-state index contributed by atoms with van der Waals surface area (Å²) in [5.41, 5.74) is 7.93. The maximum atomic E-state index is 6.62. The van der Waals surface area contributed by atoms with Crippen molar-refractivity contribution < 1.29 is 0 Å². The van der Waals surface area contributed by atoms with E-state index in [4.69, 9.17) is 5.73 Å². The quantitative estimate of drug-likeness (QED) is 0.856. The van der Waals surface area contributed by atoms with Gasteiger partial charge in [-0.15, -0.1) is 0 Å². The third kappa shape index (κ3) is 2.98. The summed E-state index contributed by atoms with van der Waals surface area (Å²) in [6.07, 6.45) is 7.85. The number of nitrogens with two attached hydrogens (primary N) is 1. The predicted molar refractivity (Wildman–Crippen MR) is 80.0 cm³/mol. The van der Waals surface area contributed by atoms with Gasteiger partial charge in [0.2, 0.25) is 0 Å². The van der Waals surface area contributed by atoms with Crippen LogP contribution in [0.5, 0.6) is 0 Å². The van der Waals surface area contributed by atoms with E-state index in [0.29, 0.717) is 0 Å². The molecule has 1 atom stereocenters. The van der Waals surface area contributed by atoms with Gasteiger partial charge in [0.1, 0.15) is 0 Å². The molecule has 1 aliphatic rings. The molecule has 1 heterocycles. The molecule has 0 saturated heterocycles. The van der Waals surface area contributed by atoms with Crippen molar-refractivity contribution in [2.75, 3.05) is 13.1 Å². The Kier molecular flexibility index (Phi) is 4.94. The van der Waals surface area contributed by atoms with Crippen LogP contribution in [0.1, 0.15) is 45.2 Å². The lowest BCUT2D eigenvalue weighted by molar-refractivity contribution is 0.0768. The van der Waals surface area contributed by atoms with Gasteiger partial charge in [-0.25, -0.2) is 0 Å². The molecule has 0 radical (unpaired) electrons. The third-order valence-corrected chi connectivity index (χ3v) is 4.71. The summed E-state index contributed by atoms with van der Waals surface area (Å²) in [4.78, 5) is 7.01. The molecule has 3 heteroatoms. The predicted octanol–water partition coefficient (Wildman–Crippen LogP) is 2.61. The van der Waals surface area contributed by atoms with Crippen molar-refractivity contribution >= 4 is 0 Å². The molecule has 1 aliphatic carbocycles. The molecule has 0 aromatic carbocycles. The SMILES string of the molecule is CCN(CC)C1(C(N)Cc2ccccn2)CCCC1. The van der Waals surface area contributed by atoms with E-state index in [2.05, 4.69) is 29.8 Å². The minimum absolute atomic E-state index is 0.185. The number of aromatic nitrogens is 1. The van der Waals surface area contributed by atoms with Crippen LogP contribution < -0.4 is 5.73 Å². The molecule has 0 bridgehead atoms. The molecule has 19 heavy (non-hydrogen) atoms. The average molecular weight is 261 g/mol. The van der Waals surface area contributed by atoms with Crippen molar-refractivity contribution in [3.63, 3.8) is 0 Å². The first kappa shape index (κ1) is 14.5. The Bertz CT molecular complexity index is 367. The Hall–Kier alpha value is -0.930. The zero-order valence-corrected chi connectivity index (χ0v) is 12.3. The van der Waals surface area contributed by atoms with Crippen LogP contribution in [0.25, 0.3) is 0 Å². The molecule has 1 saturated carbocycles. The second kappa shape index (κ2) is 6.49. The normalized spacial score (nSPS) is 19.8. The molecule has 1 fully saturated rings. The van der Waals surface area contributed by atoms with Crippen molar-refractivity contribution in [1.82, 2.24) is 9.88 Å². The van der Waals surface area contributed by atoms with Crippen molar-refractivity contribution in [2.24, 2.45) is 5.73 Å². The molecule has 0 aliphatic heterocycles. The molecule has 106 valence electrons. The lowest BCUT2D eigenvalue weighted by Crippen LogP contribution is -2.59. The summed E-state index contributed by atoms with van der Waals surface area (Å²) in [5, 5.41) is 0. The summed E-state index contributed by atoms with van der Waals surface area (Å²) in [6.45, 7) is 6.67.